The lowest BCUT2D eigenvalue weighted by Crippen LogP contribution is -2.57. The van der Waals surface area contributed by atoms with Gasteiger partial charge < -0.3 is 29.4 Å². The molecule has 11 heteroatoms. The molecular weight excluding hydrogens is 680 g/mol. The molecule has 8 rings (SSSR count). The molecule has 4 saturated heterocycles. The van der Waals surface area contributed by atoms with Crippen molar-refractivity contribution in [3.05, 3.63) is 0 Å². The lowest BCUT2D eigenvalue weighted by Gasteiger charge is -2.59. The summed E-state index contributed by atoms with van der Waals surface area (Å²) in [6.07, 6.45) is 10.4. The Labute approximate surface area is 314 Å². The highest BCUT2D eigenvalue weighted by atomic mass is 31.1. The van der Waals surface area contributed by atoms with Crippen LogP contribution in [-0.4, -0.2) is 134 Å². The molecule has 1 amide bonds. The Morgan fingerprint density at radius 3 is 2.40 bits per heavy atom. The third-order valence-electron chi connectivity index (χ3n) is 16.6. The van der Waals surface area contributed by atoms with Crippen molar-refractivity contribution in [1.29, 1.82) is 0 Å². The van der Waals surface area contributed by atoms with Gasteiger partial charge in [0, 0.05) is 51.3 Å². The zero-order valence-electron chi connectivity index (χ0n) is 33.6. The number of alkyl carbamates (subject to hydrolysis) is 1. The molecule has 0 aromatic rings. The lowest BCUT2D eigenvalue weighted by molar-refractivity contribution is -0.162. The highest BCUT2D eigenvalue weighted by molar-refractivity contribution is 7.60. The van der Waals surface area contributed by atoms with Gasteiger partial charge in [-0.15, -0.1) is 0 Å². The maximum absolute atomic E-state index is 13.2. The van der Waals surface area contributed by atoms with Gasteiger partial charge in [0.25, 0.3) is 0 Å². The molecule has 8 aliphatic rings. The number of piperazine rings is 1. The highest BCUT2D eigenvalue weighted by Crippen LogP contribution is 2.90. The molecule has 4 saturated carbocycles. The number of aliphatic hydroxyl groups is 1. The number of amides is 1. The number of fused-ring (bicyclic) bond motifs is 4. The molecule has 4 heterocycles. The Morgan fingerprint density at radius 1 is 1.02 bits per heavy atom. The number of halogens is 1. The van der Waals surface area contributed by atoms with Gasteiger partial charge in [-0.3, -0.25) is 14.2 Å². The smallest absolute Gasteiger partial charge is 0.407 e. The van der Waals surface area contributed by atoms with Gasteiger partial charge in [0.15, 0.2) is 0 Å². The van der Waals surface area contributed by atoms with E-state index < -0.39 is 5.60 Å². The van der Waals surface area contributed by atoms with Crippen LogP contribution in [-0.2, 0) is 18.9 Å². The molecule has 12 atom stereocenters. The van der Waals surface area contributed by atoms with Crippen LogP contribution in [0.4, 0.5) is 9.18 Å². The average molecular weight is 752 g/mol. The van der Waals surface area contributed by atoms with Gasteiger partial charge >= 0.3 is 6.09 Å². The Hall–Kier alpha value is -0.610. The zero-order chi connectivity index (χ0) is 37.3. The number of nitrogens with one attached hydrogen (secondary N) is 1. The van der Waals surface area contributed by atoms with Gasteiger partial charge in [0.1, 0.15) is 12.2 Å². The van der Waals surface area contributed by atoms with Gasteiger partial charge in [-0.2, -0.15) is 0 Å². The number of hydrogen-bond acceptors (Lipinski definition) is 8. The molecule has 4 aliphatic heterocycles. The second-order valence-electron chi connectivity index (χ2n) is 19.1. The van der Waals surface area contributed by atoms with Crippen LogP contribution in [0.25, 0.3) is 0 Å². The third-order valence-corrected chi connectivity index (χ3v) is 20.2. The first-order valence-electron chi connectivity index (χ1n) is 20.9. The number of hydrogen-bond donors (Lipinski definition) is 2. The summed E-state index contributed by atoms with van der Waals surface area (Å²) in [6, 6.07) is 0.612. The highest BCUT2D eigenvalue weighted by Gasteiger charge is 2.85. The third kappa shape index (κ3) is 6.22. The van der Waals surface area contributed by atoms with Crippen molar-refractivity contribution in [2.75, 3.05) is 72.4 Å². The van der Waals surface area contributed by atoms with Gasteiger partial charge in [0.05, 0.1) is 44.0 Å². The Balaban J connectivity index is 0.00000207. The standard InChI is InChI=1S/C40H68N3O6P.CH3F/c1-8-47-34(37(5,6)45)30-12-22-50-33(48-30)23-29-28-9-10-31-36(3,4)32(11-13-40(31)26(2)39(28,40)15-14-38(29,50)7)49-35(44)41-16-17-42-18-20-43(21-19-42)27-24-46-25-27;1-2/h26-34,45H,8-25H2,1-7H3,(H,41,44);1H3. The summed E-state index contributed by atoms with van der Waals surface area (Å²) in [7, 11) is 0.290. The molecule has 0 bridgehead atoms. The van der Waals surface area contributed by atoms with E-state index >= 15 is 0 Å². The van der Waals surface area contributed by atoms with E-state index in [0.717, 1.165) is 76.5 Å². The van der Waals surface area contributed by atoms with Crippen molar-refractivity contribution in [1.82, 2.24) is 15.1 Å². The minimum absolute atomic E-state index is 0.0186. The molecule has 2 spiro atoms. The van der Waals surface area contributed by atoms with Crippen LogP contribution < -0.4 is 5.32 Å². The summed E-state index contributed by atoms with van der Waals surface area (Å²) in [5.74, 6) is 3.20. The van der Waals surface area contributed by atoms with Gasteiger partial charge in [0.2, 0.25) is 0 Å². The fourth-order valence-electron chi connectivity index (χ4n) is 14.1. The maximum atomic E-state index is 13.2. The van der Waals surface area contributed by atoms with Gasteiger partial charge in [-0.25, -0.2) is 4.79 Å². The van der Waals surface area contributed by atoms with Crippen LogP contribution in [0.2, 0.25) is 0 Å². The Kier molecular flexibility index (Phi) is 11.2. The van der Waals surface area contributed by atoms with Crippen molar-refractivity contribution in [2.45, 2.75) is 141 Å². The number of carbonyl (C=O) groups is 1. The monoisotopic (exact) mass is 752 g/mol. The zero-order valence-corrected chi connectivity index (χ0v) is 34.5. The van der Waals surface area contributed by atoms with Crippen LogP contribution in [0.15, 0.2) is 0 Å². The van der Waals surface area contributed by atoms with Crippen LogP contribution in [0.1, 0.15) is 99.8 Å². The van der Waals surface area contributed by atoms with E-state index in [9.17, 15) is 14.3 Å². The summed E-state index contributed by atoms with van der Waals surface area (Å²) in [5, 5.41) is 14.5. The van der Waals surface area contributed by atoms with Crippen molar-refractivity contribution < 1.29 is 33.2 Å². The first-order chi connectivity index (χ1) is 24.8. The minimum Gasteiger partial charge on any atom is -0.446 e. The normalized spacial score (nSPS) is 44.7. The predicted molar refractivity (Wildman–Crippen MR) is 204 cm³/mol. The van der Waals surface area contributed by atoms with E-state index in [1.54, 1.807) is 0 Å². The topological polar surface area (TPSA) is 92.7 Å². The van der Waals surface area contributed by atoms with Gasteiger partial charge in [-0.05, 0) is 118 Å². The molecule has 2 N–H and O–H groups in total. The molecule has 12 unspecified atom stereocenters. The van der Waals surface area contributed by atoms with Crippen molar-refractivity contribution in [3.8, 4) is 0 Å². The first kappa shape index (κ1) is 39.6. The molecule has 298 valence electrons. The Bertz CT molecular complexity index is 1280. The number of alkyl halides is 1. The predicted octanol–water partition coefficient (Wildman–Crippen LogP) is 6.50. The van der Waals surface area contributed by atoms with E-state index in [0.29, 0.717) is 54.1 Å². The summed E-state index contributed by atoms with van der Waals surface area (Å²) < 4.78 is 34.3. The van der Waals surface area contributed by atoms with E-state index in [1.165, 1.54) is 44.7 Å². The number of nitrogens with zero attached hydrogens (tertiary/aromatic N) is 2. The van der Waals surface area contributed by atoms with Crippen LogP contribution >= 0.6 is 7.92 Å². The van der Waals surface area contributed by atoms with E-state index in [4.69, 9.17) is 18.9 Å². The summed E-state index contributed by atoms with van der Waals surface area (Å²) in [5.41, 5.74) is -0.122. The second kappa shape index (κ2) is 14.7. The number of carbonyl (C=O) groups excluding carboxylic acids is 1. The lowest BCUT2D eigenvalue weighted by atomic mass is 9.48. The summed E-state index contributed by atoms with van der Waals surface area (Å²) in [6.45, 7) is 24.1. The summed E-state index contributed by atoms with van der Waals surface area (Å²) >= 11 is 0. The molecule has 0 radical (unpaired) electrons. The SMILES string of the molecule is CCOC(C1CCP2C(CC3C4CCC5C(C)(C)C(OC(=O)NCCN6CCN(C7COC7)CC6)CCC56C(C)C46CCC32C)O1)C(C)(C)O.CF. The van der Waals surface area contributed by atoms with Crippen LogP contribution in [0.5, 0.6) is 0 Å². The molecule has 52 heavy (non-hydrogen) atoms. The van der Waals surface area contributed by atoms with E-state index in [1.807, 2.05) is 20.8 Å². The first-order valence-corrected chi connectivity index (χ1v) is 22.5. The average Bonchev–Trinajstić information content (AvgIpc) is 3.46. The molecule has 0 aromatic carbocycles. The van der Waals surface area contributed by atoms with Crippen molar-refractivity contribution in [3.63, 3.8) is 0 Å². The molecule has 8 fully saturated rings. The number of rotatable bonds is 9. The molecule has 0 aromatic heterocycles. The van der Waals surface area contributed by atoms with E-state index in [2.05, 4.69) is 42.8 Å². The largest absolute Gasteiger partial charge is 0.446 e. The number of ether oxygens (including phenoxy) is 4. The van der Waals surface area contributed by atoms with Crippen LogP contribution in [0.3, 0.4) is 0 Å². The van der Waals surface area contributed by atoms with Crippen molar-refractivity contribution in [2.24, 2.45) is 39.9 Å². The molecular formula is C41H71FN3O6P. The fourth-order valence-corrected chi connectivity index (χ4v) is 18.0. The van der Waals surface area contributed by atoms with Crippen molar-refractivity contribution >= 4 is 14.0 Å². The molecule has 4 aliphatic carbocycles. The minimum atomic E-state index is -0.911. The maximum Gasteiger partial charge on any atom is 0.407 e. The molecule has 9 nitrogen and oxygen atoms in total. The van der Waals surface area contributed by atoms with Crippen LogP contribution in [0, 0.1) is 39.9 Å². The van der Waals surface area contributed by atoms with Gasteiger partial charge in [-0.1, -0.05) is 35.6 Å². The second-order valence-corrected chi connectivity index (χ2v) is 22.1. The quantitative estimate of drug-likeness (QED) is 0.259. The summed E-state index contributed by atoms with van der Waals surface area (Å²) in [4.78, 5) is 18.2. The fraction of sp³-hybridized carbons (Fsp3) is 0.976. The Morgan fingerprint density at radius 2 is 1.75 bits per heavy atom. The van der Waals surface area contributed by atoms with E-state index in [-0.39, 0.29) is 37.7 Å².